The number of hydrogen-bond acceptors (Lipinski definition) is 2. The normalized spacial score (nSPS) is 12.3. The zero-order valence-electron chi connectivity index (χ0n) is 10.8. The molecule has 1 unspecified atom stereocenters. The van der Waals surface area contributed by atoms with Gasteiger partial charge in [0.05, 0.1) is 13.2 Å². The monoisotopic (exact) mass is 295 g/mol. The maximum absolute atomic E-state index is 6.29. The molecular weight excluding hydrogens is 281 g/mol. The van der Waals surface area contributed by atoms with Crippen LogP contribution in [-0.2, 0) is 0 Å². The zero-order valence-corrected chi connectivity index (χ0v) is 12.3. The first-order valence-electron chi connectivity index (χ1n) is 5.88. The number of halogens is 2. The lowest BCUT2D eigenvalue weighted by Crippen LogP contribution is -2.13. The van der Waals surface area contributed by atoms with Gasteiger partial charge in [0, 0.05) is 15.6 Å². The average molecular weight is 296 g/mol. The minimum absolute atomic E-state index is 0.373. The first-order chi connectivity index (χ1) is 9.02. The Morgan fingerprint density at radius 1 is 1.05 bits per heavy atom. The minimum Gasteiger partial charge on any atom is -0.496 e. The molecule has 0 amide bonds. The van der Waals surface area contributed by atoms with Gasteiger partial charge in [-0.05, 0) is 42.3 Å². The molecule has 0 radical (unpaired) electrons. The maximum atomic E-state index is 6.29. The summed E-state index contributed by atoms with van der Waals surface area (Å²) in [5.41, 5.74) is 9.08. The number of nitrogens with two attached hydrogens (primary N) is 1. The fourth-order valence-electron chi connectivity index (χ4n) is 2.00. The second-order valence-corrected chi connectivity index (χ2v) is 5.23. The Morgan fingerprint density at radius 2 is 1.79 bits per heavy atom. The number of benzene rings is 2. The number of ether oxygens (including phenoxy) is 1. The lowest BCUT2D eigenvalue weighted by molar-refractivity contribution is 0.407. The molecule has 4 heteroatoms. The van der Waals surface area contributed by atoms with Crippen molar-refractivity contribution < 1.29 is 4.74 Å². The lowest BCUT2D eigenvalue weighted by Gasteiger charge is -2.18. The summed E-state index contributed by atoms with van der Waals surface area (Å²) in [6.45, 7) is 2.00. The van der Waals surface area contributed by atoms with Crippen molar-refractivity contribution in [3.63, 3.8) is 0 Å². The van der Waals surface area contributed by atoms with Crippen molar-refractivity contribution in [2.75, 3.05) is 7.11 Å². The summed E-state index contributed by atoms with van der Waals surface area (Å²) in [5, 5.41) is 1.21. The average Bonchev–Trinajstić information content (AvgIpc) is 2.40. The molecule has 2 N–H and O–H groups in total. The minimum atomic E-state index is -0.373. The first-order valence-corrected chi connectivity index (χ1v) is 6.63. The van der Waals surface area contributed by atoms with Crippen LogP contribution in [0.3, 0.4) is 0 Å². The van der Waals surface area contributed by atoms with Crippen molar-refractivity contribution in [2.45, 2.75) is 13.0 Å². The Morgan fingerprint density at radius 3 is 2.47 bits per heavy atom. The van der Waals surface area contributed by atoms with E-state index in [1.54, 1.807) is 25.3 Å². The van der Waals surface area contributed by atoms with E-state index in [9.17, 15) is 0 Å². The molecule has 0 aliphatic carbocycles. The van der Waals surface area contributed by atoms with Crippen LogP contribution in [-0.4, -0.2) is 7.11 Å². The van der Waals surface area contributed by atoms with Crippen molar-refractivity contribution in [1.82, 2.24) is 0 Å². The molecule has 0 aliphatic heterocycles. The van der Waals surface area contributed by atoms with E-state index in [2.05, 4.69) is 0 Å². The highest BCUT2D eigenvalue weighted by Crippen LogP contribution is 2.33. The first kappa shape index (κ1) is 14.2. The summed E-state index contributed by atoms with van der Waals surface area (Å²) >= 11 is 12.2. The molecule has 0 heterocycles. The summed E-state index contributed by atoms with van der Waals surface area (Å²) in [5.74, 6) is 0.753. The van der Waals surface area contributed by atoms with Crippen LogP contribution < -0.4 is 10.5 Å². The van der Waals surface area contributed by atoms with Crippen LogP contribution in [0.15, 0.2) is 36.4 Å². The van der Waals surface area contributed by atoms with Crippen LogP contribution in [0.4, 0.5) is 0 Å². The van der Waals surface area contributed by atoms with Gasteiger partial charge in [-0.15, -0.1) is 0 Å². The van der Waals surface area contributed by atoms with Crippen LogP contribution in [0.1, 0.15) is 22.7 Å². The molecule has 2 aromatic carbocycles. The molecule has 0 aliphatic rings. The third-order valence-corrected chi connectivity index (χ3v) is 3.60. The van der Waals surface area contributed by atoms with Crippen LogP contribution in [0.5, 0.6) is 5.75 Å². The summed E-state index contributed by atoms with van der Waals surface area (Å²) in [6, 6.07) is 10.8. The molecule has 0 saturated heterocycles. The van der Waals surface area contributed by atoms with E-state index in [0.717, 1.165) is 22.4 Å². The third-order valence-electron chi connectivity index (χ3n) is 3.02. The molecule has 0 spiro atoms. The molecule has 2 aromatic rings. The van der Waals surface area contributed by atoms with E-state index in [-0.39, 0.29) is 6.04 Å². The molecule has 2 nitrogen and oxygen atoms in total. The van der Waals surface area contributed by atoms with Gasteiger partial charge in [-0.25, -0.2) is 0 Å². The van der Waals surface area contributed by atoms with E-state index in [4.69, 9.17) is 33.7 Å². The van der Waals surface area contributed by atoms with Gasteiger partial charge in [-0.3, -0.25) is 0 Å². The van der Waals surface area contributed by atoms with Gasteiger partial charge in [-0.2, -0.15) is 0 Å². The number of aryl methyl sites for hydroxylation is 1. The highest BCUT2D eigenvalue weighted by Gasteiger charge is 2.17. The quantitative estimate of drug-likeness (QED) is 0.913. The number of rotatable bonds is 3. The third kappa shape index (κ3) is 3.03. The molecule has 1 atom stereocenters. The second kappa shape index (κ2) is 5.83. The van der Waals surface area contributed by atoms with E-state index < -0.39 is 0 Å². The zero-order chi connectivity index (χ0) is 14.0. The van der Waals surface area contributed by atoms with E-state index in [0.29, 0.717) is 10.0 Å². The Labute approximate surface area is 123 Å². The van der Waals surface area contributed by atoms with Gasteiger partial charge >= 0.3 is 0 Å². The van der Waals surface area contributed by atoms with E-state index in [1.165, 1.54) is 0 Å². The fraction of sp³-hybridized carbons (Fsp3) is 0.200. The van der Waals surface area contributed by atoms with Gasteiger partial charge in [0.2, 0.25) is 0 Å². The molecule has 0 fully saturated rings. The van der Waals surface area contributed by atoms with Crippen LogP contribution in [0, 0.1) is 6.92 Å². The Kier molecular flexibility index (Phi) is 4.35. The van der Waals surface area contributed by atoms with Crippen molar-refractivity contribution in [1.29, 1.82) is 0 Å². The van der Waals surface area contributed by atoms with Gasteiger partial charge in [0.25, 0.3) is 0 Å². The van der Waals surface area contributed by atoms with Crippen LogP contribution in [0.25, 0.3) is 0 Å². The predicted molar refractivity (Wildman–Crippen MR) is 80.2 cm³/mol. The SMILES string of the molecule is COc1cc(C)ccc1C(N)c1cc(Cl)ccc1Cl. The lowest BCUT2D eigenvalue weighted by atomic mass is 9.97. The van der Waals surface area contributed by atoms with Crippen LogP contribution in [0.2, 0.25) is 10.0 Å². The summed E-state index contributed by atoms with van der Waals surface area (Å²) in [6.07, 6.45) is 0. The standard InChI is InChI=1S/C15H15Cl2NO/c1-9-3-5-11(14(7-9)19-2)15(18)12-8-10(16)4-6-13(12)17/h3-8,15H,18H2,1-2H3. The molecule has 19 heavy (non-hydrogen) atoms. The van der Waals surface area contributed by atoms with E-state index >= 15 is 0 Å². The van der Waals surface area contributed by atoms with Crippen LogP contribution >= 0.6 is 23.2 Å². The number of methoxy groups -OCH3 is 1. The fourth-order valence-corrected chi connectivity index (χ4v) is 2.41. The van der Waals surface area contributed by atoms with Crippen molar-refractivity contribution >= 4 is 23.2 Å². The van der Waals surface area contributed by atoms with Gasteiger partial charge < -0.3 is 10.5 Å². The second-order valence-electron chi connectivity index (χ2n) is 4.39. The van der Waals surface area contributed by atoms with Gasteiger partial charge in [0.1, 0.15) is 5.75 Å². The Balaban J connectivity index is 2.49. The maximum Gasteiger partial charge on any atom is 0.124 e. The summed E-state index contributed by atoms with van der Waals surface area (Å²) < 4.78 is 5.38. The van der Waals surface area contributed by atoms with E-state index in [1.807, 2.05) is 25.1 Å². The highest BCUT2D eigenvalue weighted by atomic mass is 35.5. The van der Waals surface area contributed by atoms with Crippen molar-refractivity contribution in [3.8, 4) is 5.75 Å². The Hall–Kier alpha value is -1.22. The smallest absolute Gasteiger partial charge is 0.124 e. The van der Waals surface area contributed by atoms with Gasteiger partial charge in [-0.1, -0.05) is 35.3 Å². The number of hydrogen-bond donors (Lipinski definition) is 1. The molecule has 100 valence electrons. The summed E-state index contributed by atoms with van der Waals surface area (Å²) in [4.78, 5) is 0. The molecule has 2 rings (SSSR count). The molecule has 0 saturated carbocycles. The predicted octanol–water partition coefficient (Wildman–Crippen LogP) is 4.36. The molecule has 0 aromatic heterocycles. The molecule has 0 bridgehead atoms. The largest absolute Gasteiger partial charge is 0.496 e. The topological polar surface area (TPSA) is 35.2 Å². The summed E-state index contributed by atoms with van der Waals surface area (Å²) in [7, 11) is 1.63. The van der Waals surface area contributed by atoms with Crippen molar-refractivity contribution in [2.24, 2.45) is 5.73 Å². The Bertz CT molecular complexity index is 599. The molecular formula is C15H15Cl2NO. The highest BCUT2D eigenvalue weighted by molar-refractivity contribution is 6.33. The van der Waals surface area contributed by atoms with Crippen molar-refractivity contribution in [3.05, 3.63) is 63.1 Å². The van der Waals surface area contributed by atoms with Gasteiger partial charge in [0.15, 0.2) is 0 Å².